The average Bonchev–Trinajstić information content (AvgIpc) is 2.77. The van der Waals surface area contributed by atoms with Gasteiger partial charge in [0.15, 0.2) is 11.5 Å². The Labute approximate surface area is 183 Å². The van der Waals surface area contributed by atoms with E-state index in [4.69, 9.17) is 14.2 Å². The number of methoxy groups -OCH3 is 2. The van der Waals surface area contributed by atoms with E-state index in [0.717, 1.165) is 6.07 Å². The van der Waals surface area contributed by atoms with Gasteiger partial charge in [0.2, 0.25) is 5.43 Å². The zero-order valence-electron chi connectivity index (χ0n) is 17.9. The average molecular weight is 450 g/mol. The normalized spacial score (nSPS) is 17.7. The van der Waals surface area contributed by atoms with E-state index in [1.165, 1.54) is 31.0 Å². The summed E-state index contributed by atoms with van der Waals surface area (Å²) in [5, 5.41) is 2.44. The fourth-order valence-corrected chi connectivity index (χ4v) is 3.66. The first-order chi connectivity index (χ1) is 15.3. The lowest BCUT2D eigenvalue weighted by Crippen LogP contribution is -2.45. The summed E-state index contributed by atoms with van der Waals surface area (Å²) in [6.45, 7) is 2.27. The molecule has 32 heavy (non-hydrogen) atoms. The van der Waals surface area contributed by atoms with E-state index in [9.17, 15) is 23.2 Å². The summed E-state index contributed by atoms with van der Waals surface area (Å²) in [4.78, 5) is 38.7. The lowest BCUT2D eigenvalue weighted by Gasteiger charge is -2.33. The summed E-state index contributed by atoms with van der Waals surface area (Å²) in [5.41, 5.74) is -0.955. The molecule has 3 rings (SSSR count). The summed E-state index contributed by atoms with van der Waals surface area (Å²) >= 11 is 0. The number of ether oxygens (including phenoxy) is 3. The Bertz CT molecular complexity index is 1080. The highest BCUT2D eigenvalue weighted by Gasteiger charge is 2.39. The molecule has 0 unspecified atom stereocenters. The molecule has 10 heteroatoms. The van der Waals surface area contributed by atoms with Crippen LogP contribution >= 0.6 is 0 Å². The molecule has 0 saturated heterocycles. The molecule has 0 fully saturated rings. The number of hydrogen-bond acceptors (Lipinski definition) is 6. The highest BCUT2D eigenvalue weighted by Crippen LogP contribution is 2.28. The monoisotopic (exact) mass is 450 g/mol. The quantitative estimate of drug-likeness (QED) is 0.660. The second kappa shape index (κ2) is 10.0. The van der Waals surface area contributed by atoms with Crippen molar-refractivity contribution < 1.29 is 32.6 Å². The Morgan fingerprint density at radius 1 is 1.25 bits per heavy atom. The molecule has 2 atom stereocenters. The summed E-state index contributed by atoms with van der Waals surface area (Å²) in [6.07, 6.45) is 0.732. The lowest BCUT2D eigenvalue weighted by molar-refractivity contribution is -0.00626. The van der Waals surface area contributed by atoms with Gasteiger partial charge in [-0.2, -0.15) is 0 Å². The molecular weight excluding hydrogens is 426 g/mol. The van der Waals surface area contributed by atoms with E-state index in [2.05, 4.69) is 5.32 Å². The molecule has 0 saturated carbocycles. The number of aromatic nitrogens is 1. The van der Waals surface area contributed by atoms with E-state index in [-0.39, 0.29) is 48.0 Å². The van der Waals surface area contributed by atoms with Crippen LogP contribution in [0.1, 0.15) is 33.3 Å². The van der Waals surface area contributed by atoms with Crippen LogP contribution in [0, 0.1) is 17.6 Å². The van der Waals surface area contributed by atoms with Gasteiger partial charge in [0.05, 0.1) is 25.7 Å². The number of fused-ring (bicyclic) bond motifs is 1. The van der Waals surface area contributed by atoms with Crippen LogP contribution in [0.3, 0.4) is 0 Å². The molecule has 0 spiro atoms. The molecule has 172 valence electrons. The number of rotatable bonds is 8. The molecule has 1 aromatic carbocycles. The van der Waals surface area contributed by atoms with E-state index < -0.39 is 35.0 Å². The third kappa shape index (κ3) is 4.56. The number of benzene rings is 1. The number of nitrogens with one attached hydrogen (secondary N) is 1. The largest absolute Gasteiger partial charge is 0.491 e. The molecule has 1 aliphatic heterocycles. The number of hydrogen-bond donors (Lipinski definition) is 1. The van der Waals surface area contributed by atoms with Gasteiger partial charge in [0, 0.05) is 44.6 Å². The van der Waals surface area contributed by atoms with E-state index in [0.29, 0.717) is 12.7 Å². The van der Waals surface area contributed by atoms with E-state index in [1.54, 1.807) is 6.92 Å². The van der Waals surface area contributed by atoms with Crippen LogP contribution in [0.15, 0.2) is 29.2 Å². The molecule has 8 nitrogen and oxygen atoms in total. The van der Waals surface area contributed by atoms with Crippen LogP contribution in [0.25, 0.3) is 0 Å². The first-order valence-corrected chi connectivity index (χ1v) is 10.0. The van der Waals surface area contributed by atoms with Crippen molar-refractivity contribution in [1.29, 1.82) is 0 Å². The Kier molecular flexibility index (Phi) is 7.37. The third-order valence-corrected chi connectivity index (χ3v) is 5.34. The zero-order chi connectivity index (χ0) is 23.4. The predicted octanol–water partition coefficient (Wildman–Crippen LogP) is 1.93. The number of pyridine rings is 1. The number of halogens is 2. The summed E-state index contributed by atoms with van der Waals surface area (Å²) in [7, 11) is 2.70. The smallest absolute Gasteiger partial charge is 0.257 e. The standard InChI is InChI=1S/C22H24F2N2O6/c1-4-32-11-15-17(30-2)10-26-9-14(20(28)21(31-3)18(26)19(15)27)22(29)25-8-12-5-6-13(23)7-16(12)24/h5-7,9,15,17H,4,8,10-11H2,1-3H3,(H,25,29)/t15-,17-/m0/s1. The number of amides is 1. The topological polar surface area (TPSA) is 95.9 Å². The number of ketones is 1. The van der Waals surface area contributed by atoms with Gasteiger partial charge in [-0.1, -0.05) is 6.07 Å². The van der Waals surface area contributed by atoms with Crippen molar-refractivity contribution in [2.75, 3.05) is 27.4 Å². The molecule has 0 aliphatic carbocycles. The van der Waals surface area contributed by atoms with Crippen LogP contribution < -0.4 is 15.5 Å². The van der Waals surface area contributed by atoms with Crippen LogP contribution in [0.2, 0.25) is 0 Å². The SMILES string of the molecule is CCOC[C@@H]1C(=O)c2c(OC)c(=O)c(C(=O)NCc3ccc(F)cc3F)cn2C[C@@H]1OC. The van der Waals surface area contributed by atoms with Crippen LogP contribution in [0.5, 0.6) is 5.75 Å². The Morgan fingerprint density at radius 2 is 2.00 bits per heavy atom. The Balaban J connectivity index is 1.93. The second-order valence-electron chi connectivity index (χ2n) is 7.23. The minimum atomic E-state index is -0.820. The number of Topliss-reactive ketones (excluding diaryl/α,β-unsaturated/α-hetero) is 1. The highest BCUT2D eigenvalue weighted by atomic mass is 19.1. The van der Waals surface area contributed by atoms with Gasteiger partial charge in [-0.3, -0.25) is 14.4 Å². The van der Waals surface area contributed by atoms with Gasteiger partial charge in [-0.05, 0) is 13.0 Å². The van der Waals surface area contributed by atoms with Gasteiger partial charge in [0.1, 0.15) is 22.9 Å². The van der Waals surface area contributed by atoms with E-state index >= 15 is 0 Å². The fourth-order valence-electron chi connectivity index (χ4n) is 3.66. The molecule has 1 aliphatic rings. The van der Waals surface area contributed by atoms with Gasteiger partial charge in [-0.15, -0.1) is 0 Å². The van der Waals surface area contributed by atoms with Crippen molar-refractivity contribution in [3.8, 4) is 5.75 Å². The van der Waals surface area contributed by atoms with Crippen molar-refractivity contribution in [2.45, 2.75) is 26.1 Å². The predicted molar refractivity (Wildman–Crippen MR) is 110 cm³/mol. The Hall–Kier alpha value is -3.11. The molecule has 0 bridgehead atoms. The second-order valence-corrected chi connectivity index (χ2v) is 7.23. The number of nitrogens with zero attached hydrogens (tertiary/aromatic N) is 1. The third-order valence-electron chi connectivity index (χ3n) is 5.34. The van der Waals surface area contributed by atoms with Crippen molar-refractivity contribution in [1.82, 2.24) is 9.88 Å². The molecule has 2 aromatic rings. The minimum absolute atomic E-state index is 0.0385. The van der Waals surface area contributed by atoms with Crippen molar-refractivity contribution in [3.63, 3.8) is 0 Å². The zero-order valence-corrected chi connectivity index (χ0v) is 17.9. The molecule has 2 heterocycles. The minimum Gasteiger partial charge on any atom is -0.491 e. The van der Waals surface area contributed by atoms with Crippen LogP contribution in [0.4, 0.5) is 8.78 Å². The summed E-state index contributed by atoms with van der Waals surface area (Å²) < 4.78 is 44.4. The lowest BCUT2D eigenvalue weighted by atomic mass is 9.90. The van der Waals surface area contributed by atoms with Gasteiger partial charge in [0.25, 0.3) is 5.91 Å². The van der Waals surface area contributed by atoms with Gasteiger partial charge in [-0.25, -0.2) is 8.78 Å². The number of carbonyl (C=O) groups excluding carboxylic acids is 2. The molecular formula is C22H24F2N2O6. The van der Waals surface area contributed by atoms with Crippen molar-refractivity contribution in [3.05, 3.63) is 63.1 Å². The van der Waals surface area contributed by atoms with Crippen molar-refractivity contribution in [2.24, 2.45) is 5.92 Å². The maximum absolute atomic E-state index is 13.8. The molecule has 1 amide bonds. The molecule has 1 N–H and O–H groups in total. The maximum Gasteiger partial charge on any atom is 0.257 e. The summed E-state index contributed by atoms with van der Waals surface area (Å²) in [6, 6.07) is 2.97. The Morgan fingerprint density at radius 3 is 2.62 bits per heavy atom. The fraction of sp³-hybridized carbons (Fsp3) is 0.409. The molecule has 1 aromatic heterocycles. The highest BCUT2D eigenvalue weighted by molar-refractivity contribution is 6.01. The first-order valence-electron chi connectivity index (χ1n) is 10.0. The van der Waals surface area contributed by atoms with Gasteiger partial charge >= 0.3 is 0 Å². The van der Waals surface area contributed by atoms with Crippen molar-refractivity contribution >= 4 is 11.7 Å². The van der Waals surface area contributed by atoms with E-state index in [1.807, 2.05) is 0 Å². The summed E-state index contributed by atoms with van der Waals surface area (Å²) in [5.74, 6) is -3.62. The van der Waals surface area contributed by atoms with Crippen LogP contribution in [-0.4, -0.2) is 49.8 Å². The van der Waals surface area contributed by atoms with Gasteiger partial charge < -0.3 is 24.1 Å². The molecule has 0 radical (unpaired) electrons. The van der Waals surface area contributed by atoms with Crippen LogP contribution in [-0.2, 0) is 22.6 Å². The maximum atomic E-state index is 13.8. The first kappa shape index (κ1) is 23.6. The number of carbonyl (C=O) groups is 2.